The summed E-state index contributed by atoms with van der Waals surface area (Å²) in [5, 5.41) is 3.12. The summed E-state index contributed by atoms with van der Waals surface area (Å²) >= 11 is 1.65. The van der Waals surface area contributed by atoms with Crippen LogP contribution in [0.15, 0.2) is 23.6 Å². The second-order valence-corrected chi connectivity index (χ2v) is 5.29. The van der Waals surface area contributed by atoms with Crippen molar-refractivity contribution < 1.29 is 4.79 Å². The highest BCUT2D eigenvalue weighted by Crippen LogP contribution is 2.32. The van der Waals surface area contributed by atoms with Gasteiger partial charge in [-0.3, -0.25) is 4.79 Å². The van der Waals surface area contributed by atoms with Crippen LogP contribution in [-0.2, 0) is 11.2 Å². The minimum atomic E-state index is 0.159. The molecule has 0 spiro atoms. The van der Waals surface area contributed by atoms with Crippen LogP contribution in [-0.4, -0.2) is 17.9 Å². The molecule has 2 heterocycles. The van der Waals surface area contributed by atoms with Gasteiger partial charge >= 0.3 is 0 Å². The Labute approximate surface area is 104 Å². The predicted octanol–water partition coefficient (Wildman–Crippen LogP) is 2.64. The highest BCUT2D eigenvalue weighted by molar-refractivity contribution is 7.09. The molecule has 0 unspecified atom stereocenters. The zero-order valence-corrected chi connectivity index (χ0v) is 10.5. The number of carbonyl (C=O) groups excluding carboxylic acids is 1. The van der Waals surface area contributed by atoms with Crippen molar-refractivity contribution in [1.82, 2.24) is 4.98 Å². The molecule has 0 atom stereocenters. The van der Waals surface area contributed by atoms with Crippen molar-refractivity contribution >= 4 is 22.9 Å². The number of benzene rings is 1. The lowest BCUT2D eigenvalue weighted by molar-refractivity contribution is -0.117. The van der Waals surface area contributed by atoms with E-state index in [1.807, 2.05) is 26.1 Å². The predicted molar refractivity (Wildman–Crippen MR) is 69.4 cm³/mol. The maximum atomic E-state index is 11.6. The van der Waals surface area contributed by atoms with Gasteiger partial charge in [0, 0.05) is 23.7 Å². The lowest BCUT2D eigenvalue weighted by Crippen LogP contribution is -2.20. The molecule has 2 aromatic rings. The van der Waals surface area contributed by atoms with Crippen LogP contribution >= 0.6 is 11.3 Å². The molecule has 0 bridgehead atoms. The number of likely N-dealkylation sites (N-methyl/N-ethyl adjacent to an activating group) is 1. The number of thiazole rings is 1. The van der Waals surface area contributed by atoms with Crippen molar-refractivity contribution in [2.75, 3.05) is 11.9 Å². The Kier molecular flexibility index (Phi) is 2.26. The third-order valence-electron chi connectivity index (χ3n) is 3.07. The summed E-state index contributed by atoms with van der Waals surface area (Å²) in [6.07, 6.45) is 0.503. The third kappa shape index (κ3) is 1.65. The highest BCUT2D eigenvalue weighted by atomic mass is 32.1. The van der Waals surface area contributed by atoms with Gasteiger partial charge in [0.25, 0.3) is 0 Å². The zero-order chi connectivity index (χ0) is 12.0. The Balaban J connectivity index is 2.06. The summed E-state index contributed by atoms with van der Waals surface area (Å²) in [6.45, 7) is 2.00. The zero-order valence-electron chi connectivity index (χ0n) is 9.73. The Hall–Kier alpha value is -1.68. The second-order valence-electron chi connectivity index (χ2n) is 4.22. The van der Waals surface area contributed by atoms with Crippen molar-refractivity contribution in [3.05, 3.63) is 34.2 Å². The number of nitrogens with zero attached hydrogens (tertiary/aromatic N) is 2. The third-order valence-corrected chi connectivity index (χ3v) is 3.84. The van der Waals surface area contributed by atoms with Crippen LogP contribution < -0.4 is 4.90 Å². The molecule has 1 aliphatic heterocycles. The number of amides is 1. The normalized spacial score (nSPS) is 14.2. The van der Waals surface area contributed by atoms with Crippen LogP contribution in [0.4, 0.5) is 5.69 Å². The molecule has 1 amide bonds. The average molecular weight is 244 g/mol. The number of hydrogen-bond donors (Lipinski definition) is 0. The van der Waals surface area contributed by atoms with Gasteiger partial charge in [0.1, 0.15) is 0 Å². The molecule has 0 radical (unpaired) electrons. The fourth-order valence-corrected chi connectivity index (χ4v) is 2.75. The lowest BCUT2D eigenvalue weighted by Gasteiger charge is -2.09. The van der Waals surface area contributed by atoms with Gasteiger partial charge in [-0.25, -0.2) is 4.98 Å². The number of hydrogen-bond acceptors (Lipinski definition) is 3. The maximum absolute atomic E-state index is 11.6. The van der Waals surface area contributed by atoms with E-state index in [0.717, 1.165) is 27.5 Å². The summed E-state index contributed by atoms with van der Waals surface area (Å²) in [6, 6.07) is 6.11. The summed E-state index contributed by atoms with van der Waals surface area (Å²) in [5.74, 6) is 0.159. The summed E-state index contributed by atoms with van der Waals surface area (Å²) < 4.78 is 0. The number of fused-ring (bicyclic) bond motifs is 1. The van der Waals surface area contributed by atoms with E-state index in [-0.39, 0.29) is 5.91 Å². The first kappa shape index (κ1) is 10.5. The van der Waals surface area contributed by atoms with E-state index >= 15 is 0 Å². The quantitative estimate of drug-likeness (QED) is 0.772. The molecule has 0 fully saturated rings. The highest BCUT2D eigenvalue weighted by Gasteiger charge is 2.24. The van der Waals surface area contributed by atoms with Crippen molar-refractivity contribution in [1.29, 1.82) is 0 Å². The summed E-state index contributed by atoms with van der Waals surface area (Å²) in [7, 11) is 1.82. The van der Waals surface area contributed by atoms with Gasteiger partial charge < -0.3 is 4.90 Å². The molecule has 0 aliphatic carbocycles. The van der Waals surface area contributed by atoms with Gasteiger partial charge in [0.05, 0.1) is 17.1 Å². The number of carbonyl (C=O) groups is 1. The van der Waals surface area contributed by atoms with Gasteiger partial charge in [-0.1, -0.05) is 6.07 Å². The summed E-state index contributed by atoms with van der Waals surface area (Å²) in [5.41, 5.74) is 4.21. The van der Waals surface area contributed by atoms with E-state index in [2.05, 4.69) is 16.4 Å². The largest absolute Gasteiger partial charge is 0.315 e. The monoisotopic (exact) mass is 244 g/mol. The van der Waals surface area contributed by atoms with Crippen LogP contribution in [0.5, 0.6) is 0 Å². The van der Waals surface area contributed by atoms with Gasteiger partial charge in [0.2, 0.25) is 5.91 Å². The first-order chi connectivity index (χ1) is 8.15. The molecule has 17 heavy (non-hydrogen) atoms. The average Bonchev–Trinajstić information content (AvgIpc) is 2.85. The Bertz CT molecular complexity index is 603. The lowest BCUT2D eigenvalue weighted by atomic mass is 10.1. The number of aryl methyl sites for hydroxylation is 1. The Morgan fingerprint density at radius 3 is 2.94 bits per heavy atom. The molecule has 86 valence electrons. The fourth-order valence-electron chi connectivity index (χ4n) is 2.13. The van der Waals surface area contributed by atoms with Gasteiger partial charge in [-0.05, 0) is 24.6 Å². The molecule has 0 N–H and O–H groups in total. The molecular weight excluding hydrogens is 232 g/mol. The molecule has 4 heteroatoms. The molecule has 0 saturated heterocycles. The van der Waals surface area contributed by atoms with Crippen LogP contribution in [0.2, 0.25) is 0 Å². The molecule has 0 saturated carbocycles. The van der Waals surface area contributed by atoms with E-state index in [0.29, 0.717) is 6.42 Å². The number of aromatic nitrogens is 1. The van der Waals surface area contributed by atoms with E-state index < -0.39 is 0 Å². The molecule has 1 aromatic heterocycles. The van der Waals surface area contributed by atoms with E-state index in [4.69, 9.17) is 0 Å². The van der Waals surface area contributed by atoms with E-state index in [1.165, 1.54) is 0 Å². The molecule has 3 rings (SSSR count). The van der Waals surface area contributed by atoms with Crippen molar-refractivity contribution in [2.24, 2.45) is 0 Å². The standard InChI is InChI=1S/C13H12N2OS/c1-8-14-11(7-17-8)9-3-4-12-10(5-9)6-13(16)15(12)2/h3-5,7H,6H2,1-2H3. The van der Waals surface area contributed by atoms with E-state index in [9.17, 15) is 4.79 Å². The molecule has 1 aliphatic rings. The molecule has 1 aromatic carbocycles. The summed E-state index contributed by atoms with van der Waals surface area (Å²) in [4.78, 5) is 17.8. The van der Waals surface area contributed by atoms with Crippen molar-refractivity contribution in [3.8, 4) is 11.3 Å². The Morgan fingerprint density at radius 2 is 2.24 bits per heavy atom. The Morgan fingerprint density at radius 1 is 1.41 bits per heavy atom. The minimum Gasteiger partial charge on any atom is -0.315 e. The molecule has 3 nitrogen and oxygen atoms in total. The van der Waals surface area contributed by atoms with Crippen LogP contribution in [0, 0.1) is 6.92 Å². The second kappa shape index (κ2) is 3.67. The first-order valence-corrected chi connectivity index (χ1v) is 6.35. The number of rotatable bonds is 1. The van der Waals surface area contributed by atoms with Crippen molar-refractivity contribution in [3.63, 3.8) is 0 Å². The number of anilines is 1. The SMILES string of the molecule is Cc1nc(-c2ccc3c(c2)CC(=O)N3C)cs1. The molecular formula is C13H12N2OS. The van der Waals surface area contributed by atoms with E-state index in [1.54, 1.807) is 16.2 Å². The van der Waals surface area contributed by atoms with Crippen LogP contribution in [0.3, 0.4) is 0 Å². The topological polar surface area (TPSA) is 33.2 Å². The van der Waals surface area contributed by atoms with Crippen LogP contribution in [0.1, 0.15) is 10.6 Å². The first-order valence-electron chi connectivity index (χ1n) is 5.47. The van der Waals surface area contributed by atoms with Gasteiger partial charge in [-0.2, -0.15) is 0 Å². The minimum absolute atomic E-state index is 0.159. The maximum Gasteiger partial charge on any atom is 0.231 e. The van der Waals surface area contributed by atoms with Crippen LogP contribution in [0.25, 0.3) is 11.3 Å². The van der Waals surface area contributed by atoms with Crippen molar-refractivity contribution in [2.45, 2.75) is 13.3 Å². The van der Waals surface area contributed by atoms with Gasteiger partial charge in [0.15, 0.2) is 0 Å². The smallest absolute Gasteiger partial charge is 0.231 e. The fraction of sp³-hybridized carbons (Fsp3) is 0.231. The van der Waals surface area contributed by atoms with Gasteiger partial charge in [-0.15, -0.1) is 11.3 Å².